The molecule has 0 saturated carbocycles. The molecular formula is C10H7F3N2O2. The van der Waals surface area contributed by atoms with E-state index >= 15 is 0 Å². The van der Waals surface area contributed by atoms with Crippen molar-refractivity contribution in [2.45, 2.75) is 6.18 Å². The summed E-state index contributed by atoms with van der Waals surface area (Å²) in [6, 6.07) is 4.21. The molecule has 2 aromatic rings. The molecule has 0 bridgehead atoms. The second-order valence-corrected chi connectivity index (χ2v) is 3.33. The van der Waals surface area contributed by atoms with Crippen molar-refractivity contribution >= 4 is 16.7 Å². The maximum atomic E-state index is 12.7. The molecule has 0 saturated heterocycles. The van der Waals surface area contributed by atoms with Gasteiger partial charge in [0.2, 0.25) is 0 Å². The fourth-order valence-corrected chi connectivity index (χ4v) is 1.49. The largest absolute Gasteiger partial charge is 0.423 e. The second-order valence-electron chi connectivity index (χ2n) is 3.33. The molecule has 0 aliphatic heterocycles. The van der Waals surface area contributed by atoms with Crippen LogP contribution in [-0.2, 0) is 6.18 Å². The topological polar surface area (TPSA) is 68.3 Å². The van der Waals surface area contributed by atoms with Crippen molar-refractivity contribution in [2.75, 3.05) is 5.43 Å². The van der Waals surface area contributed by atoms with Crippen molar-refractivity contribution in [3.05, 3.63) is 40.2 Å². The molecule has 7 heteroatoms. The molecule has 0 amide bonds. The summed E-state index contributed by atoms with van der Waals surface area (Å²) in [5.41, 5.74) is 0.357. The highest BCUT2D eigenvalue weighted by Gasteiger charge is 2.33. The highest BCUT2D eigenvalue weighted by Crippen LogP contribution is 2.34. The molecule has 0 unspecified atom stereocenters. The number of hydrogen-bond donors (Lipinski definition) is 2. The van der Waals surface area contributed by atoms with Crippen LogP contribution >= 0.6 is 0 Å². The molecular weight excluding hydrogens is 237 g/mol. The van der Waals surface area contributed by atoms with Crippen molar-refractivity contribution < 1.29 is 17.6 Å². The fraction of sp³-hybridized carbons (Fsp3) is 0.100. The van der Waals surface area contributed by atoms with Gasteiger partial charge in [-0.15, -0.1) is 0 Å². The third-order valence-electron chi connectivity index (χ3n) is 2.22. The Morgan fingerprint density at radius 2 is 1.94 bits per heavy atom. The number of nitrogen functional groups attached to an aromatic ring is 1. The van der Waals surface area contributed by atoms with Gasteiger partial charge in [-0.3, -0.25) is 5.84 Å². The number of hydrogen-bond acceptors (Lipinski definition) is 4. The first-order valence-corrected chi connectivity index (χ1v) is 4.53. The van der Waals surface area contributed by atoms with E-state index in [2.05, 4.69) is 9.84 Å². The number of alkyl halides is 3. The van der Waals surface area contributed by atoms with Crippen LogP contribution in [0.15, 0.2) is 33.5 Å². The van der Waals surface area contributed by atoms with E-state index in [0.29, 0.717) is 11.8 Å². The fourth-order valence-electron chi connectivity index (χ4n) is 1.49. The number of hydrazine groups is 1. The van der Waals surface area contributed by atoms with Crippen LogP contribution in [0, 0.1) is 0 Å². The minimum atomic E-state index is -4.61. The number of halogens is 3. The van der Waals surface area contributed by atoms with Crippen molar-refractivity contribution in [1.82, 2.24) is 0 Å². The highest BCUT2D eigenvalue weighted by molar-refractivity contribution is 5.83. The summed E-state index contributed by atoms with van der Waals surface area (Å²) in [5, 5.41) is -0.184. The van der Waals surface area contributed by atoms with Gasteiger partial charge in [0.1, 0.15) is 5.58 Å². The van der Waals surface area contributed by atoms with Crippen LogP contribution in [0.25, 0.3) is 11.0 Å². The summed E-state index contributed by atoms with van der Waals surface area (Å²) in [5.74, 6) is 5.11. The SMILES string of the molecule is NNc1ccc2c(C(F)(F)F)cc(=O)oc2c1. The van der Waals surface area contributed by atoms with Crippen molar-refractivity contribution in [3.63, 3.8) is 0 Å². The lowest BCUT2D eigenvalue weighted by Gasteiger charge is -2.09. The van der Waals surface area contributed by atoms with Gasteiger partial charge in [-0.25, -0.2) is 4.79 Å². The standard InChI is InChI=1S/C10H7F3N2O2/c11-10(12,13)7-4-9(16)17-8-3-5(15-14)1-2-6(7)8/h1-4,15H,14H2. The van der Waals surface area contributed by atoms with Crippen LogP contribution in [0.2, 0.25) is 0 Å². The molecule has 0 aliphatic carbocycles. The van der Waals surface area contributed by atoms with Crippen LogP contribution in [0.5, 0.6) is 0 Å². The number of nitrogens with one attached hydrogen (secondary N) is 1. The number of nitrogens with two attached hydrogens (primary N) is 1. The van der Waals surface area contributed by atoms with E-state index < -0.39 is 17.4 Å². The Labute approximate surface area is 92.8 Å². The minimum absolute atomic E-state index is 0.166. The van der Waals surface area contributed by atoms with E-state index in [1.807, 2.05) is 0 Å². The Balaban J connectivity index is 2.82. The zero-order chi connectivity index (χ0) is 12.6. The number of fused-ring (bicyclic) bond motifs is 1. The molecule has 1 heterocycles. The van der Waals surface area contributed by atoms with Crippen molar-refractivity contribution in [3.8, 4) is 0 Å². The predicted molar refractivity (Wildman–Crippen MR) is 55.3 cm³/mol. The molecule has 0 aliphatic rings. The van der Waals surface area contributed by atoms with Gasteiger partial charge in [0.05, 0.1) is 11.3 Å². The Hall–Kier alpha value is -2.02. The third kappa shape index (κ3) is 2.09. The van der Waals surface area contributed by atoms with Gasteiger partial charge in [0, 0.05) is 17.5 Å². The van der Waals surface area contributed by atoms with E-state index in [0.717, 1.165) is 0 Å². The van der Waals surface area contributed by atoms with E-state index in [-0.39, 0.29) is 11.0 Å². The van der Waals surface area contributed by atoms with Crippen LogP contribution < -0.4 is 16.9 Å². The monoisotopic (exact) mass is 244 g/mol. The first-order valence-electron chi connectivity index (χ1n) is 4.53. The molecule has 1 aromatic carbocycles. The molecule has 2 rings (SSSR count). The third-order valence-corrected chi connectivity index (χ3v) is 2.22. The highest BCUT2D eigenvalue weighted by atomic mass is 19.4. The van der Waals surface area contributed by atoms with Crippen LogP contribution in [-0.4, -0.2) is 0 Å². The quantitative estimate of drug-likeness (QED) is 0.458. The summed E-state index contributed by atoms with van der Waals surface area (Å²) >= 11 is 0. The van der Waals surface area contributed by atoms with Crippen molar-refractivity contribution in [2.24, 2.45) is 5.84 Å². The van der Waals surface area contributed by atoms with Crippen molar-refractivity contribution in [1.29, 1.82) is 0 Å². The molecule has 1 aromatic heterocycles. The molecule has 0 radical (unpaired) electrons. The van der Waals surface area contributed by atoms with E-state index in [1.54, 1.807) is 0 Å². The Morgan fingerprint density at radius 3 is 2.53 bits per heavy atom. The van der Waals surface area contributed by atoms with Gasteiger partial charge in [0.25, 0.3) is 0 Å². The average molecular weight is 244 g/mol. The van der Waals surface area contributed by atoms with Gasteiger partial charge in [-0.2, -0.15) is 13.2 Å². The Morgan fingerprint density at radius 1 is 1.24 bits per heavy atom. The smallest absolute Gasteiger partial charge is 0.417 e. The van der Waals surface area contributed by atoms with Gasteiger partial charge in [0.15, 0.2) is 0 Å². The molecule has 0 spiro atoms. The number of benzene rings is 1. The van der Waals surface area contributed by atoms with E-state index in [1.165, 1.54) is 18.2 Å². The summed E-state index contributed by atoms with van der Waals surface area (Å²) in [7, 11) is 0. The molecule has 90 valence electrons. The van der Waals surface area contributed by atoms with Crippen LogP contribution in [0.3, 0.4) is 0 Å². The Kier molecular flexibility index (Phi) is 2.55. The van der Waals surface area contributed by atoms with Crippen LogP contribution in [0.4, 0.5) is 18.9 Å². The Bertz CT molecular complexity index is 619. The summed E-state index contributed by atoms with van der Waals surface area (Å²) < 4.78 is 42.7. The maximum absolute atomic E-state index is 12.7. The maximum Gasteiger partial charge on any atom is 0.417 e. The second kappa shape index (κ2) is 3.77. The number of rotatable bonds is 1. The lowest BCUT2D eigenvalue weighted by molar-refractivity contribution is -0.136. The minimum Gasteiger partial charge on any atom is -0.423 e. The lowest BCUT2D eigenvalue weighted by Crippen LogP contribution is -2.11. The van der Waals surface area contributed by atoms with Crippen LogP contribution in [0.1, 0.15) is 5.56 Å². The number of anilines is 1. The summed E-state index contributed by atoms with van der Waals surface area (Å²) in [6.45, 7) is 0. The zero-order valence-corrected chi connectivity index (χ0v) is 8.34. The summed E-state index contributed by atoms with van der Waals surface area (Å²) in [6.07, 6.45) is -4.61. The molecule has 4 nitrogen and oxygen atoms in total. The van der Waals surface area contributed by atoms with Gasteiger partial charge < -0.3 is 9.84 Å². The van der Waals surface area contributed by atoms with E-state index in [9.17, 15) is 18.0 Å². The molecule has 3 N–H and O–H groups in total. The van der Waals surface area contributed by atoms with E-state index in [4.69, 9.17) is 5.84 Å². The predicted octanol–water partition coefficient (Wildman–Crippen LogP) is 2.10. The first-order chi connectivity index (χ1) is 7.91. The molecule has 17 heavy (non-hydrogen) atoms. The normalized spacial score (nSPS) is 11.8. The van der Waals surface area contributed by atoms with Gasteiger partial charge in [-0.1, -0.05) is 0 Å². The molecule has 0 fully saturated rings. The zero-order valence-electron chi connectivity index (χ0n) is 8.34. The average Bonchev–Trinajstić information content (AvgIpc) is 2.25. The molecule has 0 atom stereocenters. The summed E-state index contributed by atoms with van der Waals surface area (Å²) in [4.78, 5) is 11.0. The van der Waals surface area contributed by atoms with Gasteiger partial charge >= 0.3 is 11.8 Å². The van der Waals surface area contributed by atoms with Gasteiger partial charge in [-0.05, 0) is 12.1 Å². The lowest BCUT2D eigenvalue weighted by atomic mass is 10.1. The first kappa shape index (κ1) is 11.5.